The molecular weight excluding hydrogens is 289 g/mol. The average molecular weight is 308 g/mol. The van der Waals surface area contributed by atoms with Crippen molar-refractivity contribution >= 4 is 11.6 Å². The molecule has 2 rings (SSSR count). The molecule has 0 saturated heterocycles. The molecule has 1 atom stereocenters. The Balaban J connectivity index is 2.35. The summed E-state index contributed by atoms with van der Waals surface area (Å²) < 4.78 is 18.9. The van der Waals surface area contributed by atoms with Crippen LogP contribution in [0.3, 0.4) is 0 Å². The molecular formula is C17H19ClFNO. The zero-order valence-corrected chi connectivity index (χ0v) is 13.0. The van der Waals surface area contributed by atoms with Crippen molar-refractivity contribution in [1.82, 2.24) is 5.32 Å². The molecule has 0 saturated carbocycles. The first-order chi connectivity index (χ1) is 10.2. The zero-order valence-electron chi connectivity index (χ0n) is 12.2. The summed E-state index contributed by atoms with van der Waals surface area (Å²) in [5.41, 5.74) is 1.83. The van der Waals surface area contributed by atoms with Crippen molar-refractivity contribution < 1.29 is 9.13 Å². The molecule has 0 bridgehead atoms. The van der Waals surface area contributed by atoms with Crippen LogP contribution in [0.25, 0.3) is 0 Å². The van der Waals surface area contributed by atoms with Crippen LogP contribution in [0.1, 0.15) is 24.1 Å². The SMILES string of the molecule is CCNC(Cc1ccccc1Cl)c1cc(F)ccc1OC. The van der Waals surface area contributed by atoms with Crippen molar-refractivity contribution in [3.05, 3.63) is 64.4 Å². The van der Waals surface area contributed by atoms with Crippen LogP contribution in [-0.2, 0) is 6.42 Å². The molecule has 0 aliphatic heterocycles. The van der Waals surface area contributed by atoms with Gasteiger partial charge in [0.1, 0.15) is 11.6 Å². The fraction of sp³-hybridized carbons (Fsp3) is 0.294. The zero-order chi connectivity index (χ0) is 15.2. The van der Waals surface area contributed by atoms with Crippen molar-refractivity contribution in [2.45, 2.75) is 19.4 Å². The summed E-state index contributed by atoms with van der Waals surface area (Å²) >= 11 is 6.23. The maximum absolute atomic E-state index is 13.6. The van der Waals surface area contributed by atoms with E-state index in [1.807, 2.05) is 31.2 Å². The Labute approximate surface area is 129 Å². The molecule has 2 nitrogen and oxygen atoms in total. The number of likely N-dealkylation sites (N-methyl/N-ethyl adjacent to an activating group) is 1. The highest BCUT2D eigenvalue weighted by molar-refractivity contribution is 6.31. The van der Waals surface area contributed by atoms with E-state index < -0.39 is 0 Å². The van der Waals surface area contributed by atoms with Crippen molar-refractivity contribution in [3.8, 4) is 5.75 Å². The van der Waals surface area contributed by atoms with Crippen molar-refractivity contribution in [2.75, 3.05) is 13.7 Å². The molecule has 0 amide bonds. The Morgan fingerprint density at radius 2 is 2.00 bits per heavy atom. The molecule has 0 spiro atoms. The second-order valence-corrected chi connectivity index (χ2v) is 5.20. The number of ether oxygens (including phenoxy) is 1. The lowest BCUT2D eigenvalue weighted by Gasteiger charge is -2.21. The smallest absolute Gasteiger partial charge is 0.123 e. The molecule has 1 N–H and O–H groups in total. The van der Waals surface area contributed by atoms with E-state index in [2.05, 4.69) is 5.32 Å². The Kier molecular flexibility index (Phi) is 5.59. The van der Waals surface area contributed by atoms with Crippen LogP contribution in [0.4, 0.5) is 4.39 Å². The monoisotopic (exact) mass is 307 g/mol. The molecule has 2 aromatic carbocycles. The summed E-state index contributed by atoms with van der Waals surface area (Å²) in [5, 5.41) is 4.09. The third-order valence-corrected chi connectivity index (χ3v) is 3.77. The molecule has 0 heterocycles. The van der Waals surface area contributed by atoms with Crippen LogP contribution in [0.15, 0.2) is 42.5 Å². The van der Waals surface area contributed by atoms with E-state index >= 15 is 0 Å². The van der Waals surface area contributed by atoms with Crippen LogP contribution in [0.2, 0.25) is 5.02 Å². The number of hydrogen-bond donors (Lipinski definition) is 1. The second kappa shape index (κ2) is 7.43. The molecule has 0 aliphatic rings. The molecule has 2 aromatic rings. The summed E-state index contributed by atoms with van der Waals surface area (Å²) in [6.07, 6.45) is 0.674. The van der Waals surface area contributed by atoms with E-state index in [1.54, 1.807) is 13.2 Å². The summed E-state index contributed by atoms with van der Waals surface area (Å²) in [4.78, 5) is 0. The Morgan fingerprint density at radius 3 is 2.67 bits per heavy atom. The van der Waals surface area contributed by atoms with Crippen LogP contribution in [0, 0.1) is 5.82 Å². The number of halogens is 2. The van der Waals surface area contributed by atoms with Gasteiger partial charge in [-0.3, -0.25) is 0 Å². The molecule has 21 heavy (non-hydrogen) atoms. The molecule has 0 fully saturated rings. The minimum Gasteiger partial charge on any atom is -0.496 e. The number of rotatable bonds is 6. The molecule has 0 aromatic heterocycles. The van der Waals surface area contributed by atoms with Gasteiger partial charge in [0.25, 0.3) is 0 Å². The van der Waals surface area contributed by atoms with Crippen LogP contribution >= 0.6 is 11.6 Å². The fourth-order valence-corrected chi connectivity index (χ4v) is 2.61. The number of methoxy groups -OCH3 is 1. The number of benzene rings is 2. The first kappa shape index (κ1) is 15.8. The van der Waals surface area contributed by atoms with Gasteiger partial charge in [-0.15, -0.1) is 0 Å². The van der Waals surface area contributed by atoms with Crippen LogP contribution < -0.4 is 10.1 Å². The van der Waals surface area contributed by atoms with Crippen molar-refractivity contribution in [2.24, 2.45) is 0 Å². The van der Waals surface area contributed by atoms with Gasteiger partial charge in [-0.2, -0.15) is 0 Å². The highest BCUT2D eigenvalue weighted by Gasteiger charge is 2.18. The first-order valence-corrected chi connectivity index (χ1v) is 7.33. The first-order valence-electron chi connectivity index (χ1n) is 6.96. The third kappa shape index (κ3) is 3.96. The maximum atomic E-state index is 13.6. The van der Waals surface area contributed by atoms with E-state index in [4.69, 9.17) is 16.3 Å². The molecule has 0 aliphatic carbocycles. The molecule has 1 unspecified atom stereocenters. The second-order valence-electron chi connectivity index (χ2n) is 4.79. The molecule has 0 radical (unpaired) electrons. The van der Waals surface area contributed by atoms with Gasteiger partial charge in [-0.25, -0.2) is 4.39 Å². The minimum absolute atomic E-state index is 0.0550. The predicted octanol–water partition coefficient (Wildman–Crippen LogP) is 4.38. The highest BCUT2D eigenvalue weighted by atomic mass is 35.5. The van der Waals surface area contributed by atoms with Gasteiger partial charge >= 0.3 is 0 Å². The normalized spacial score (nSPS) is 12.2. The van der Waals surface area contributed by atoms with Crippen LogP contribution in [-0.4, -0.2) is 13.7 Å². The minimum atomic E-state index is -0.270. The summed E-state index contributed by atoms with van der Waals surface area (Å²) in [6.45, 7) is 2.79. The van der Waals surface area contributed by atoms with E-state index in [-0.39, 0.29) is 11.9 Å². The lowest BCUT2D eigenvalue weighted by atomic mass is 9.97. The lowest BCUT2D eigenvalue weighted by molar-refractivity contribution is 0.397. The standard InChI is InChI=1S/C17H19ClFNO/c1-3-20-16(10-12-6-4-5-7-15(12)18)14-11-13(19)8-9-17(14)21-2/h4-9,11,16,20H,3,10H2,1-2H3. The van der Waals surface area contributed by atoms with Crippen molar-refractivity contribution in [3.63, 3.8) is 0 Å². The summed E-state index contributed by atoms with van der Waals surface area (Å²) in [5.74, 6) is 0.405. The van der Waals surface area contributed by atoms with E-state index in [1.165, 1.54) is 12.1 Å². The molecule has 4 heteroatoms. The predicted molar refractivity (Wildman–Crippen MR) is 84.5 cm³/mol. The van der Waals surface area contributed by atoms with Gasteiger partial charge in [0.2, 0.25) is 0 Å². The van der Waals surface area contributed by atoms with E-state index in [9.17, 15) is 4.39 Å². The summed E-state index contributed by atoms with van der Waals surface area (Å²) in [6, 6.07) is 12.2. The highest BCUT2D eigenvalue weighted by Crippen LogP contribution is 2.30. The Hall–Kier alpha value is -1.58. The molecule has 112 valence electrons. The quantitative estimate of drug-likeness (QED) is 0.855. The van der Waals surface area contributed by atoms with Gasteiger partial charge in [0.05, 0.1) is 7.11 Å². The van der Waals surface area contributed by atoms with Gasteiger partial charge in [-0.05, 0) is 42.8 Å². The summed E-state index contributed by atoms with van der Waals surface area (Å²) in [7, 11) is 1.59. The maximum Gasteiger partial charge on any atom is 0.123 e. The topological polar surface area (TPSA) is 21.3 Å². The number of hydrogen-bond acceptors (Lipinski definition) is 2. The Bertz CT molecular complexity index is 603. The van der Waals surface area contributed by atoms with E-state index in [0.717, 1.165) is 22.7 Å². The largest absolute Gasteiger partial charge is 0.496 e. The Morgan fingerprint density at radius 1 is 1.24 bits per heavy atom. The van der Waals surface area contributed by atoms with Gasteiger partial charge < -0.3 is 10.1 Å². The van der Waals surface area contributed by atoms with E-state index in [0.29, 0.717) is 12.2 Å². The van der Waals surface area contributed by atoms with Crippen LogP contribution in [0.5, 0.6) is 5.75 Å². The van der Waals surface area contributed by atoms with Gasteiger partial charge in [0, 0.05) is 16.6 Å². The van der Waals surface area contributed by atoms with Gasteiger partial charge in [0.15, 0.2) is 0 Å². The lowest BCUT2D eigenvalue weighted by Crippen LogP contribution is -2.23. The van der Waals surface area contributed by atoms with Gasteiger partial charge in [-0.1, -0.05) is 36.7 Å². The fourth-order valence-electron chi connectivity index (χ4n) is 2.40. The number of nitrogens with one attached hydrogen (secondary N) is 1. The average Bonchev–Trinajstić information content (AvgIpc) is 2.49. The third-order valence-electron chi connectivity index (χ3n) is 3.40. The van der Waals surface area contributed by atoms with Crippen molar-refractivity contribution in [1.29, 1.82) is 0 Å².